The van der Waals surface area contributed by atoms with Crippen LogP contribution in [0.4, 0.5) is 0 Å². The molecule has 5 fully saturated rings. The number of hydrogen-bond acceptors (Lipinski definition) is 35. The van der Waals surface area contributed by atoms with Crippen LogP contribution in [-0.4, -0.2) is 383 Å². The fourth-order valence-corrected chi connectivity index (χ4v) is 20.2. The Bertz CT molecular complexity index is 5310. The Hall–Kier alpha value is -6.29. The molecule has 19 N–H and O–H groups in total. The van der Waals surface area contributed by atoms with Crippen molar-refractivity contribution in [3.05, 3.63) is 146 Å². The summed E-state index contributed by atoms with van der Waals surface area (Å²) >= 11 is 15.6. The van der Waals surface area contributed by atoms with E-state index in [4.69, 9.17) is 65.1 Å². The molecule has 10 rings (SSSR count). The van der Waals surface area contributed by atoms with E-state index in [1.165, 1.54) is 91.0 Å². The minimum atomic E-state index is -1.33. The highest BCUT2D eigenvalue weighted by Gasteiger charge is 2.49. The minimum Gasteiger partial charge on any atom is -0.388 e. The molecule has 0 amide bonds. The van der Waals surface area contributed by atoms with E-state index in [1.807, 2.05) is 0 Å². The normalized spacial score (nSPS) is 25.6. The summed E-state index contributed by atoms with van der Waals surface area (Å²) in [6.45, 7) is 23.0. The number of ether oxygens (including phenoxy) is 6. The maximum atomic E-state index is 12.4. The quantitative estimate of drug-likeness (QED) is 0.0172. The van der Waals surface area contributed by atoms with Crippen LogP contribution in [0.15, 0.2) is 64.5 Å². The summed E-state index contributed by atoms with van der Waals surface area (Å²) in [7, 11) is 1.44. The summed E-state index contributed by atoms with van der Waals surface area (Å²) in [6, 6.07) is 0. The third kappa shape index (κ3) is 36.9. The summed E-state index contributed by atoms with van der Waals surface area (Å²) in [4.78, 5) is 152. The lowest BCUT2D eigenvalue weighted by atomic mass is 10.1. The van der Waals surface area contributed by atoms with Crippen LogP contribution in [0.1, 0.15) is 126 Å². The molecule has 0 saturated carbocycles. The number of aromatic nitrogens is 10. The Balaban J connectivity index is 0.000000261. The molecule has 0 aromatic carbocycles. The minimum absolute atomic E-state index is 0.0455. The third-order valence-corrected chi connectivity index (χ3v) is 30.3. The Morgan fingerprint density at radius 1 is 0.324 bits per heavy atom. The molecule has 766 valence electrons. The molecule has 5 aliphatic rings. The highest BCUT2D eigenvalue weighted by Crippen LogP contribution is 2.45. The zero-order valence-electron chi connectivity index (χ0n) is 80.2. The molecule has 0 radical (unpaired) electrons. The average Bonchev–Trinajstić information content (AvgIpc) is 1.86. The molecule has 5 aliphatic heterocycles. The van der Waals surface area contributed by atoms with E-state index in [0.29, 0.717) is 48.8 Å². The summed E-state index contributed by atoms with van der Waals surface area (Å²) < 4.78 is 41.6. The SMILES string of the molecule is C=P(C)(C)CC[C@H]1O[C@@H](n2cc(CNCC(C)=O)c(=O)[nH]c2=O)[C@H](O)[C@@H]1O.C=P(C)(C)CC[C@H]1O[C@@H](n2cc(CNCC(C)=O)c(=O)[nH]c2=O)[C@H](OC)[C@@H]1O.C=P(C)(C)CC[C@H]1O[C@@H](n2cc(CNCC(C)=O)c(=O)[nH]c2=S)[C@H](O)[C@@H]1O.C=P(C)(C)CC[C@H]1O[C@@H](n2cc(CNCC(C)=O)c(=O)[nH]c2=S)[C@H](O)[C@@H]1O.C=P(C)(C)CC[C@H]1O[C@@H](n2cc(CNCC(C)=O)c(=O)[nH]c2=S)[C@H](O)[C@@H]1O. The zero-order chi connectivity index (χ0) is 102. The highest BCUT2D eigenvalue weighted by atomic mass is 32.1. The summed E-state index contributed by atoms with van der Waals surface area (Å²) in [6.07, 6.45) is 16.7. The van der Waals surface area contributed by atoms with Gasteiger partial charge in [0.1, 0.15) is 90.0 Å². The fourth-order valence-electron chi connectivity index (χ4n) is 14.7. The standard InChI is InChI=1S/C18H30N3O6P.C17H28N3O6P.3C17H28N3O5PS/c1-11(22)8-19-9-12-10-21(18(25)20-16(12)24)17-15(26-2)14(23)13(27-17)6-7-28(3,4)5;1-10(21)7-18-8-11-9-20(17(25)19-15(11)24)16-14(23)13(22)12(26-16)5-6-27(2,3)4;3*1-10(21)7-18-8-11-9-20(17(27)19-15(11)24)16-14(23)13(22)12(25-16)5-6-26(2,3)4/h10,13-15,17,19,23H,3,6-9H2,1-2,4-5H3,(H,20,24,25);9,12-14,16,18,22-23H,2,5-8H2,1,3-4H3,(H,19,24,25);3*9,12-14,16,18,22-23H,2,5-8H2,1,3-4H3,(H,19,24,27)/t13-,14-,15-,17-;4*12-,13-,14-,16-/m11111/s1. The molecule has 136 heavy (non-hydrogen) atoms. The molecule has 50 heteroatoms. The van der Waals surface area contributed by atoms with E-state index >= 15 is 0 Å². The Morgan fingerprint density at radius 2 is 0.507 bits per heavy atom. The maximum Gasteiger partial charge on any atom is 0.330 e. The number of aliphatic hydroxyl groups excluding tert-OH is 9. The van der Waals surface area contributed by atoms with Crippen LogP contribution in [0.3, 0.4) is 0 Å². The van der Waals surface area contributed by atoms with Gasteiger partial charge in [-0.15, -0.1) is 65.9 Å². The predicted molar refractivity (Wildman–Crippen MR) is 544 cm³/mol. The lowest BCUT2D eigenvalue weighted by molar-refractivity contribution is -0.117. The number of aliphatic hydroxyl groups is 9. The van der Waals surface area contributed by atoms with Crippen molar-refractivity contribution >= 4 is 131 Å². The van der Waals surface area contributed by atoms with Gasteiger partial charge in [0.25, 0.3) is 27.8 Å². The van der Waals surface area contributed by atoms with Crippen molar-refractivity contribution in [2.75, 3.05) is 137 Å². The van der Waals surface area contributed by atoms with Crippen molar-refractivity contribution in [1.29, 1.82) is 0 Å². The van der Waals surface area contributed by atoms with E-state index < -0.39 is 180 Å². The number of nitrogens with zero attached hydrogens (tertiary/aromatic N) is 5. The lowest BCUT2D eigenvalue weighted by Gasteiger charge is -2.21. The maximum absolute atomic E-state index is 12.4. The first-order chi connectivity index (χ1) is 63.0. The van der Waals surface area contributed by atoms with Crippen LogP contribution in [-0.2, 0) is 85.1 Å². The number of methoxy groups -OCH3 is 1. The van der Waals surface area contributed by atoms with Gasteiger partial charge in [0.2, 0.25) is 0 Å². The van der Waals surface area contributed by atoms with Crippen LogP contribution in [0.2, 0.25) is 0 Å². The number of carbonyl (C=O) groups excluding carboxylic acids is 5. The topological polar surface area (TPSA) is 606 Å². The average molecular weight is 2070 g/mol. The first-order valence-corrected chi connectivity index (χ1v) is 60.5. The van der Waals surface area contributed by atoms with Crippen LogP contribution < -0.4 is 65.8 Å². The number of Topliss-reactive ketones (excluding diaryl/α,β-unsaturated/α-hetero) is 5. The fraction of sp³-hybridized carbons (Fsp3) is 0.651. The van der Waals surface area contributed by atoms with Crippen LogP contribution >= 0.6 is 71.1 Å². The van der Waals surface area contributed by atoms with Gasteiger partial charge in [-0.2, -0.15) is 0 Å². The summed E-state index contributed by atoms with van der Waals surface area (Å²) in [5.74, 6) is -0.287. The highest BCUT2D eigenvalue weighted by molar-refractivity contribution is 7.73. The molecule has 5 saturated heterocycles. The number of H-pyrrole nitrogens is 5. The van der Waals surface area contributed by atoms with Gasteiger partial charge >= 0.3 is 11.4 Å². The first kappa shape index (κ1) is 118. The van der Waals surface area contributed by atoms with E-state index in [9.17, 15) is 103 Å². The number of carbonyl (C=O) groups is 5. The van der Waals surface area contributed by atoms with E-state index in [2.05, 4.69) is 150 Å². The van der Waals surface area contributed by atoms with E-state index in [1.54, 1.807) is 0 Å². The predicted octanol–water partition coefficient (Wildman–Crippen LogP) is -0.570. The van der Waals surface area contributed by atoms with E-state index in [-0.39, 0.29) is 136 Å². The molecule has 5 aromatic rings. The van der Waals surface area contributed by atoms with Crippen molar-refractivity contribution in [1.82, 2.24) is 74.3 Å². The van der Waals surface area contributed by atoms with Gasteiger partial charge in [-0.25, -0.2) is 9.59 Å². The molecule has 5 aromatic heterocycles. The van der Waals surface area contributed by atoms with E-state index in [0.717, 1.165) is 35.4 Å². The van der Waals surface area contributed by atoms with Crippen molar-refractivity contribution in [3.63, 3.8) is 0 Å². The Morgan fingerprint density at radius 3 is 0.713 bits per heavy atom. The first-order valence-electron chi connectivity index (χ1n) is 44.0. The van der Waals surface area contributed by atoms with Gasteiger partial charge in [0.15, 0.2) is 45.5 Å². The number of nitrogens with one attached hydrogen (secondary N) is 10. The number of hydrogen-bond donors (Lipinski definition) is 19. The number of rotatable bonds is 41. The van der Waals surface area contributed by atoms with Crippen molar-refractivity contribution in [2.45, 2.75) is 222 Å². The number of aromatic amines is 5. The van der Waals surface area contributed by atoms with Gasteiger partial charge < -0.3 is 101 Å². The largest absolute Gasteiger partial charge is 0.388 e. The summed E-state index contributed by atoms with van der Waals surface area (Å²) in [5, 5.41) is 108. The van der Waals surface area contributed by atoms with Gasteiger partial charge in [-0.05, 0) is 201 Å². The lowest BCUT2D eigenvalue weighted by Crippen LogP contribution is -2.40. The number of ketones is 5. The van der Waals surface area contributed by atoms with Crippen molar-refractivity contribution in [3.8, 4) is 0 Å². The van der Waals surface area contributed by atoms with Crippen LogP contribution in [0.5, 0.6) is 0 Å². The van der Waals surface area contributed by atoms with Gasteiger partial charge in [0.05, 0.1) is 63.2 Å². The molecule has 0 bridgehead atoms. The summed E-state index contributed by atoms with van der Waals surface area (Å²) in [5.41, 5.74) is -2.08. The molecule has 0 aliphatic carbocycles. The zero-order valence-corrected chi connectivity index (χ0v) is 87.1. The molecule has 42 nitrogen and oxygen atoms in total. The van der Waals surface area contributed by atoms with Crippen LogP contribution in [0.25, 0.3) is 0 Å². The Labute approximate surface area is 804 Å². The van der Waals surface area contributed by atoms with Gasteiger partial charge in [-0.3, -0.25) is 95.7 Å². The smallest absolute Gasteiger partial charge is 0.330 e. The molecule has 10 heterocycles. The molecule has 0 unspecified atom stereocenters. The van der Waals surface area contributed by atoms with Crippen molar-refractivity contribution in [2.24, 2.45) is 0 Å². The molecule has 0 spiro atoms. The second-order valence-electron chi connectivity index (χ2n) is 38.3. The van der Waals surface area contributed by atoms with Gasteiger partial charge in [-0.1, -0.05) is 0 Å². The van der Waals surface area contributed by atoms with Gasteiger partial charge in [0, 0.05) is 98.6 Å². The van der Waals surface area contributed by atoms with Crippen molar-refractivity contribution < 1.29 is 98.4 Å². The second-order valence-corrected chi connectivity index (χ2v) is 61.1. The molecular weight excluding hydrogens is 1930 g/mol. The molecular formula is C86H142N15O27P5S3. The monoisotopic (exact) mass is 2070 g/mol. The Kier molecular flexibility index (Phi) is 45.8. The second kappa shape index (κ2) is 52.6. The van der Waals surface area contributed by atoms with Crippen LogP contribution in [0, 0.1) is 14.3 Å². The molecule has 20 atom stereocenters. The third-order valence-electron chi connectivity index (χ3n) is 22.1.